The first-order valence-electron chi connectivity index (χ1n) is 6.14. The maximum absolute atomic E-state index is 12.0. The van der Waals surface area contributed by atoms with E-state index in [-0.39, 0.29) is 35.4 Å². The third-order valence-electron chi connectivity index (χ3n) is 2.37. The summed E-state index contributed by atoms with van der Waals surface area (Å²) in [6.45, 7) is 3.67. The number of benzene rings is 1. The van der Waals surface area contributed by atoms with Crippen molar-refractivity contribution in [3.63, 3.8) is 0 Å². The molecule has 0 unspecified atom stereocenters. The fraction of sp³-hybridized carbons (Fsp3) is 0.385. The highest BCUT2D eigenvalue weighted by Crippen LogP contribution is 2.10. The number of nitrogens with one attached hydrogen (secondary N) is 2. The van der Waals surface area contributed by atoms with Crippen molar-refractivity contribution in [3.8, 4) is 6.07 Å². The molecule has 2 N–H and O–H groups in total. The molecule has 0 bridgehead atoms. The summed E-state index contributed by atoms with van der Waals surface area (Å²) in [6.07, 6.45) is 0.0648. The minimum atomic E-state index is -3.70. The second-order valence-corrected chi connectivity index (χ2v) is 6.28. The Labute approximate surface area is 118 Å². The van der Waals surface area contributed by atoms with Crippen molar-refractivity contribution in [2.24, 2.45) is 0 Å². The fourth-order valence-corrected chi connectivity index (χ4v) is 2.59. The fourth-order valence-electron chi connectivity index (χ4n) is 1.51. The van der Waals surface area contributed by atoms with Gasteiger partial charge in [-0.2, -0.15) is 5.26 Å². The molecule has 0 aliphatic heterocycles. The maximum atomic E-state index is 12.0. The number of amides is 1. The van der Waals surface area contributed by atoms with E-state index in [9.17, 15) is 13.2 Å². The van der Waals surface area contributed by atoms with Crippen LogP contribution in [0.2, 0.25) is 0 Å². The summed E-state index contributed by atoms with van der Waals surface area (Å²) in [5.74, 6) is -0.214. The molecule has 0 aliphatic rings. The quantitative estimate of drug-likeness (QED) is 0.809. The van der Waals surface area contributed by atoms with Gasteiger partial charge in [-0.25, -0.2) is 13.1 Å². The van der Waals surface area contributed by atoms with Crippen molar-refractivity contribution in [1.29, 1.82) is 5.26 Å². The van der Waals surface area contributed by atoms with E-state index >= 15 is 0 Å². The Balaban J connectivity index is 2.62. The van der Waals surface area contributed by atoms with Crippen molar-refractivity contribution in [2.45, 2.75) is 31.2 Å². The van der Waals surface area contributed by atoms with Gasteiger partial charge in [0.15, 0.2) is 0 Å². The second-order valence-electron chi connectivity index (χ2n) is 4.51. The number of nitrogens with zero attached hydrogens (tertiary/aromatic N) is 1. The van der Waals surface area contributed by atoms with Crippen molar-refractivity contribution in [1.82, 2.24) is 10.0 Å². The third-order valence-corrected chi connectivity index (χ3v) is 3.83. The van der Waals surface area contributed by atoms with Crippen LogP contribution in [0, 0.1) is 11.3 Å². The first-order valence-corrected chi connectivity index (χ1v) is 7.62. The zero-order chi connectivity index (χ0) is 15.2. The van der Waals surface area contributed by atoms with Crippen LogP contribution in [-0.2, 0) is 14.8 Å². The lowest BCUT2D eigenvalue weighted by atomic mass is 10.2. The maximum Gasteiger partial charge on any atom is 0.240 e. The van der Waals surface area contributed by atoms with Crippen molar-refractivity contribution in [3.05, 3.63) is 29.8 Å². The van der Waals surface area contributed by atoms with Gasteiger partial charge in [0, 0.05) is 19.0 Å². The van der Waals surface area contributed by atoms with Crippen molar-refractivity contribution >= 4 is 15.9 Å². The average molecular weight is 295 g/mol. The predicted molar refractivity (Wildman–Crippen MR) is 74.2 cm³/mol. The van der Waals surface area contributed by atoms with Crippen LogP contribution in [0.25, 0.3) is 0 Å². The monoisotopic (exact) mass is 295 g/mol. The number of carbonyl (C=O) groups is 1. The SMILES string of the molecule is CC(C)NC(=O)CCNS(=O)(=O)c1cccc(C#N)c1. The molecule has 108 valence electrons. The van der Waals surface area contributed by atoms with E-state index < -0.39 is 10.0 Å². The number of hydrogen-bond acceptors (Lipinski definition) is 4. The van der Waals surface area contributed by atoms with E-state index in [0.717, 1.165) is 0 Å². The van der Waals surface area contributed by atoms with Gasteiger partial charge in [-0.1, -0.05) is 6.07 Å². The van der Waals surface area contributed by atoms with Crippen LogP contribution >= 0.6 is 0 Å². The molecular weight excluding hydrogens is 278 g/mol. The summed E-state index contributed by atoms with van der Waals surface area (Å²) in [4.78, 5) is 11.4. The van der Waals surface area contributed by atoms with Crippen LogP contribution in [0.15, 0.2) is 29.2 Å². The lowest BCUT2D eigenvalue weighted by Crippen LogP contribution is -2.34. The Morgan fingerprint density at radius 1 is 1.40 bits per heavy atom. The topological polar surface area (TPSA) is 99.1 Å². The molecule has 0 saturated carbocycles. The van der Waals surface area contributed by atoms with Crippen molar-refractivity contribution in [2.75, 3.05) is 6.54 Å². The molecule has 1 aromatic carbocycles. The molecule has 0 radical (unpaired) electrons. The lowest BCUT2D eigenvalue weighted by molar-refractivity contribution is -0.121. The standard InChI is InChI=1S/C13H17N3O3S/c1-10(2)16-13(17)6-7-15-20(18,19)12-5-3-4-11(8-12)9-14/h3-5,8,10,15H,6-7H2,1-2H3,(H,16,17). The zero-order valence-electron chi connectivity index (χ0n) is 11.4. The largest absolute Gasteiger partial charge is 0.354 e. The number of nitriles is 1. The molecule has 0 aromatic heterocycles. The number of hydrogen-bond donors (Lipinski definition) is 2. The third kappa shape index (κ3) is 4.99. The summed E-state index contributed by atoms with van der Waals surface area (Å²) in [6, 6.07) is 7.61. The number of sulfonamides is 1. The normalized spacial score (nSPS) is 11.1. The molecule has 1 aromatic rings. The number of carbonyl (C=O) groups excluding carboxylic acids is 1. The molecule has 1 rings (SSSR count). The molecule has 0 fully saturated rings. The first-order chi connectivity index (χ1) is 9.35. The van der Waals surface area contributed by atoms with Gasteiger partial charge in [0.05, 0.1) is 16.5 Å². The highest BCUT2D eigenvalue weighted by Gasteiger charge is 2.14. The molecule has 6 nitrogen and oxygen atoms in total. The van der Waals surface area contributed by atoms with Crippen LogP contribution in [0.3, 0.4) is 0 Å². The summed E-state index contributed by atoms with van der Waals surface area (Å²) < 4.78 is 26.2. The van der Waals surface area contributed by atoms with E-state index in [4.69, 9.17) is 5.26 Å². The van der Waals surface area contributed by atoms with Crippen molar-refractivity contribution < 1.29 is 13.2 Å². The minimum Gasteiger partial charge on any atom is -0.354 e. The molecule has 0 aliphatic carbocycles. The predicted octanol–water partition coefficient (Wildman–Crippen LogP) is 0.751. The Morgan fingerprint density at radius 2 is 2.10 bits per heavy atom. The summed E-state index contributed by atoms with van der Waals surface area (Å²) >= 11 is 0. The van der Waals surface area contributed by atoms with Crippen LogP contribution < -0.4 is 10.0 Å². The van der Waals surface area contributed by atoms with Gasteiger partial charge in [-0.05, 0) is 32.0 Å². The van der Waals surface area contributed by atoms with Gasteiger partial charge in [0.1, 0.15) is 0 Å². The molecule has 7 heteroatoms. The molecule has 20 heavy (non-hydrogen) atoms. The van der Waals surface area contributed by atoms with Gasteiger partial charge in [0.25, 0.3) is 0 Å². The van der Waals surface area contributed by atoms with Gasteiger partial charge in [-0.3, -0.25) is 4.79 Å². The Kier molecular flexibility index (Phi) is 5.67. The second kappa shape index (κ2) is 7.03. The Morgan fingerprint density at radius 3 is 2.70 bits per heavy atom. The van der Waals surface area contributed by atoms with Gasteiger partial charge >= 0.3 is 0 Å². The van der Waals surface area contributed by atoms with Gasteiger partial charge < -0.3 is 5.32 Å². The number of rotatable bonds is 6. The first kappa shape index (κ1) is 16.1. The highest BCUT2D eigenvalue weighted by atomic mass is 32.2. The highest BCUT2D eigenvalue weighted by molar-refractivity contribution is 7.89. The van der Waals surface area contributed by atoms with Crippen LogP contribution in [0.1, 0.15) is 25.8 Å². The lowest BCUT2D eigenvalue weighted by Gasteiger charge is -2.09. The van der Waals surface area contributed by atoms with E-state index in [1.54, 1.807) is 0 Å². The van der Waals surface area contributed by atoms with Gasteiger partial charge in [-0.15, -0.1) is 0 Å². The van der Waals surface area contributed by atoms with Crippen LogP contribution in [0.4, 0.5) is 0 Å². The van der Waals surface area contributed by atoms with E-state index in [2.05, 4.69) is 10.0 Å². The minimum absolute atomic E-state index is 0.0116. The molecular formula is C13H17N3O3S. The zero-order valence-corrected chi connectivity index (χ0v) is 12.2. The smallest absolute Gasteiger partial charge is 0.240 e. The van der Waals surface area contributed by atoms with Gasteiger partial charge in [0.2, 0.25) is 15.9 Å². The van der Waals surface area contributed by atoms with E-state index in [1.165, 1.54) is 24.3 Å². The molecule has 0 spiro atoms. The summed E-state index contributed by atoms with van der Waals surface area (Å²) in [5, 5.41) is 11.4. The van der Waals surface area contributed by atoms with Crippen LogP contribution in [-0.4, -0.2) is 26.9 Å². The summed E-state index contributed by atoms with van der Waals surface area (Å²) in [7, 11) is -3.70. The average Bonchev–Trinajstić information content (AvgIpc) is 2.37. The molecule has 1 amide bonds. The Hall–Kier alpha value is -1.91. The Bertz CT molecular complexity index is 618. The molecule has 0 saturated heterocycles. The van der Waals surface area contributed by atoms with E-state index in [1.807, 2.05) is 19.9 Å². The summed E-state index contributed by atoms with van der Waals surface area (Å²) in [5.41, 5.74) is 0.269. The van der Waals surface area contributed by atoms with E-state index in [0.29, 0.717) is 0 Å². The van der Waals surface area contributed by atoms with Crippen LogP contribution in [0.5, 0.6) is 0 Å². The molecule has 0 atom stereocenters. The molecule has 0 heterocycles.